The normalized spacial score (nSPS) is 18.7. The lowest BCUT2D eigenvalue weighted by atomic mass is 10.0. The Kier molecular flexibility index (Phi) is 4.90. The van der Waals surface area contributed by atoms with Crippen LogP contribution in [0.15, 0.2) is 24.3 Å². The van der Waals surface area contributed by atoms with Gasteiger partial charge in [0.1, 0.15) is 6.04 Å². The number of nitrogens with one attached hydrogen (secondary N) is 1. The minimum atomic E-state index is -0.785. The Morgan fingerprint density at radius 1 is 1.52 bits per heavy atom. The van der Waals surface area contributed by atoms with Gasteiger partial charge in [-0.15, -0.1) is 0 Å². The fourth-order valence-corrected chi connectivity index (χ4v) is 2.26. The van der Waals surface area contributed by atoms with Gasteiger partial charge in [-0.25, -0.2) is 0 Å². The summed E-state index contributed by atoms with van der Waals surface area (Å²) in [5.74, 6) is -1.03. The van der Waals surface area contributed by atoms with Crippen LogP contribution in [-0.4, -0.2) is 31.1 Å². The first-order valence-corrected chi connectivity index (χ1v) is 6.76. The van der Waals surface area contributed by atoms with E-state index in [1.54, 1.807) is 24.3 Å². The molecule has 0 saturated carbocycles. The van der Waals surface area contributed by atoms with E-state index < -0.39 is 11.9 Å². The lowest BCUT2D eigenvalue weighted by molar-refractivity contribution is -0.129. The molecule has 1 fully saturated rings. The second kappa shape index (κ2) is 6.86. The molecule has 1 aromatic carbocycles. The zero-order valence-corrected chi connectivity index (χ0v) is 11.5. The van der Waals surface area contributed by atoms with Crippen molar-refractivity contribution in [3.05, 3.63) is 35.4 Å². The molecule has 1 aliphatic heterocycles. The summed E-state index contributed by atoms with van der Waals surface area (Å²) in [6.45, 7) is 0.935. The second-order valence-electron chi connectivity index (χ2n) is 5.04. The number of amides is 2. The number of hydrogen-bond donors (Lipinski definition) is 2. The molecule has 6 nitrogen and oxygen atoms in total. The van der Waals surface area contributed by atoms with Gasteiger partial charge in [-0.05, 0) is 24.1 Å². The molecule has 1 aliphatic rings. The molecule has 2 amide bonds. The Hall–Kier alpha value is -2.39. The molecule has 6 heteroatoms. The SMILES string of the molecule is N#Cc1cccc(C[C@@H](NC(=O)[C@H]2CCOC2)C(N)=O)c1. The minimum absolute atomic E-state index is 0.215. The van der Waals surface area contributed by atoms with Crippen molar-refractivity contribution < 1.29 is 14.3 Å². The number of ether oxygens (including phenoxy) is 1. The van der Waals surface area contributed by atoms with Gasteiger partial charge < -0.3 is 15.8 Å². The van der Waals surface area contributed by atoms with Crippen LogP contribution in [0.3, 0.4) is 0 Å². The van der Waals surface area contributed by atoms with Crippen molar-refractivity contribution in [3.63, 3.8) is 0 Å². The third-order valence-electron chi connectivity index (χ3n) is 3.46. The summed E-state index contributed by atoms with van der Waals surface area (Å²) < 4.78 is 5.16. The fourth-order valence-electron chi connectivity index (χ4n) is 2.26. The van der Waals surface area contributed by atoms with Crippen LogP contribution in [0.2, 0.25) is 0 Å². The molecule has 0 aliphatic carbocycles. The molecule has 2 rings (SSSR count). The number of nitriles is 1. The van der Waals surface area contributed by atoms with Crippen LogP contribution in [0.1, 0.15) is 17.5 Å². The van der Waals surface area contributed by atoms with E-state index in [9.17, 15) is 9.59 Å². The number of hydrogen-bond acceptors (Lipinski definition) is 4. The molecule has 1 aromatic rings. The molecule has 1 heterocycles. The topological polar surface area (TPSA) is 105 Å². The van der Waals surface area contributed by atoms with Crippen LogP contribution in [0.4, 0.5) is 0 Å². The van der Waals surface area contributed by atoms with E-state index in [2.05, 4.69) is 5.32 Å². The highest BCUT2D eigenvalue weighted by Gasteiger charge is 2.27. The van der Waals surface area contributed by atoms with Crippen molar-refractivity contribution in [2.45, 2.75) is 18.9 Å². The summed E-state index contributed by atoms with van der Waals surface area (Å²) in [6.07, 6.45) is 0.922. The largest absolute Gasteiger partial charge is 0.381 e. The first kappa shape index (κ1) is 15.0. The average Bonchev–Trinajstić information content (AvgIpc) is 3.01. The summed E-state index contributed by atoms with van der Waals surface area (Å²) in [5, 5.41) is 11.5. The van der Waals surface area contributed by atoms with Crippen LogP contribution in [0.5, 0.6) is 0 Å². The maximum absolute atomic E-state index is 12.0. The van der Waals surface area contributed by atoms with Crippen molar-refractivity contribution in [2.24, 2.45) is 11.7 Å². The van der Waals surface area contributed by atoms with E-state index in [4.69, 9.17) is 15.7 Å². The number of nitrogens with zero attached hydrogens (tertiary/aromatic N) is 1. The van der Waals surface area contributed by atoms with Crippen LogP contribution in [-0.2, 0) is 20.7 Å². The van der Waals surface area contributed by atoms with E-state index in [1.807, 2.05) is 6.07 Å². The highest BCUT2D eigenvalue weighted by Crippen LogP contribution is 2.13. The molecular weight excluding hydrogens is 270 g/mol. The Bertz CT molecular complexity index is 574. The molecule has 110 valence electrons. The molecule has 0 bridgehead atoms. The molecule has 3 N–H and O–H groups in total. The van der Waals surface area contributed by atoms with Crippen molar-refractivity contribution in [1.82, 2.24) is 5.32 Å². The number of rotatable bonds is 5. The smallest absolute Gasteiger partial charge is 0.240 e. The average molecular weight is 287 g/mol. The van der Waals surface area contributed by atoms with Gasteiger partial charge in [-0.2, -0.15) is 5.26 Å². The zero-order chi connectivity index (χ0) is 15.2. The minimum Gasteiger partial charge on any atom is -0.381 e. The van der Waals surface area contributed by atoms with E-state index in [-0.39, 0.29) is 18.2 Å². The summed E-state index contributed by atoms with van der Waals surface area (Å²) in [7, 11) is 0. The zero-order valence-electron chi connectivity index (χ0n) is 11.5. The molecule has 2 atom stereocenters. The number of carbonyl (C=O) groups is 2. The van der Waals surface area contributed by atoms with Gasteiger partial charge in [-0.1, -0.05) is 12.1 Å². The molecule has 21 heavy (non-hydrogen) atoms. The number of carbonyl (C=O) groups excluding carboxylic acids is 2. The van der Waals surface area contributed by atoms with Crippen molar-refractivity contribution in [1.29, 1.82) is 5.26 Å². The van der Waals surface area contributed by atoms with Crippen LogP contribution in [0.25, 0.3) is 0 Å². The Labute approximate surface area is 122 Å². The number of nitrogens with two attached hydrogens (primary N) is 1. The summed E-state index contributed by atoms with van der Waals surface area (Å²) in [5.41, 5.74) is 6.64. The van der Waals surface area contributed by atoms with Crippen molar-refractivity contribution in [2.75, 3.05) is 13.2 Å². The van der Waals surface area contributed by atoms with Gasteiger partial charge in [0.2, 0.25) is 11.8 Å². The highest BCUT2D eigenvalue weighted by molar-refractivity contribution is 5.87. The number of benzene rings is 1. The van der Waals surface area contributed by atoms with Crippen LogP contribution < -0.4 is 11.1 Å². The standard InChI is InChI=1S/C15H17N3O3/c16-8-11-3-1-2-10(6-11)7-13(14(17)19)18-15(20)12-4-5-21-9-12/h1-3,6,12-13H,4-5,7,9H2,(H2,17,19)(H,18,20)/t12-,13+/m0/s1. The summed E-state index contributed by atoms with van der Waals surface area (Å²) in [4.78, 5) is 23.5. The predicted molar refractivity (Wildman–Crippen MR) is 74.9 cm³/mol. The van der Waals surface area contributed by atoms with Gasteiger partial charge in [0.05, 0.1) is 24.2 Å². The lowest BCUT2D eigenvalue weighted by Crippen LogP contribution is -2.48. The third kappa shape index (κ3) is 4.04. The molecular formula is C15H17N3O3. The number of primary amides is 1. The van der Waals surface area contributed by atoms with Crippen LogP contribution in [0, 0.1) is 17.2 Å². The van der Waals surface area contributed by atoms with Gasteiger partial charge in [-0.3, -0.25) is 9.59 Å². The van der Waals surface area contributed by atoms with Gasteiger partial charge in [0.25, 0.3) is 0 Å². The molecule has 0 unspecified atom stereocenters. The second-order valence-corrected chi connectivity index (χ2v) is 5.04. The molecule has 0 aromatic heterocycles. The van der Waals surface area contributed by atoms with Crippen molar-refractivity contribution >= 4 is 11.8 Å². The first-order chi connectivity index (χ1) is 10.1. The van der Waals surface area contributed by atoms with Gasteiger partial charge in [0, 0.05) is 13.0 Å². The van der Waals surface area contributed by atoms with Gasteiger partial charge >= 0.3 is 0 Å². The Morgan fingerprint density at radius 2 is 2.33 bits per heavy atom. The predicted octanol–water partition coefficient (Wildman–Crippen LogP) is 0.107. The Morgan fingerprint density at radius 3 is 2.95 bits per heavy atom. The first-order valence-electron chi connectivity index (χ1n) is 6.76. The maximum Gasteiger partial charge on any atom is 0.240 e. The van der Waals surface area contributed by atoms with Gasteiger partial charge in [0.15, 0.2) is 0 Å². The highest BCUT2D eigenvalue weighted by atomic mass is 16.5. The monoisotopic (exact) mass is 287 g/mol. The van der Waals surface area contributed by atoms with E-state index >= 15 is 0 Å². The summed E-state index contributed by atoms with van der Waals surface area (Å²) in [6, 6.07) is 8.14. The Balaban J connectivity index is 2.03. The van der Waals surface area contributed by atoms with Crippen LogP contribution >= 0.6 is 0 Å². The lowest BCUT2D eigenvalue weighted by Gasteiger charge is -2.17. The molecule has 1 saturated heterocycles. The van der Waals surface area contributed by atoms with E-state index in [0.717, 1.165) is 5.56 Å². The molecule has 0 radical (unpaired) electrons. The third-order valence-corrected chi connectivity index (χ3v) is 3.46. The molecule has 0 spiro atoms. The summed E-state index contributed by atoms with van der Waals surface area (Å²) >= 11 is 0. The quantitative estimate of drug-likeness (QED) is 0.801. The fraction of sp³-hybridized carbons (Fsp3) is 0.400. The van der Waals surface area contributed by atoms with E-state index in [0.29, 0.717) is 25.2 Å². The maximum atomic E-state index is 12.0. The van der Waals surface area contributed by atoms with Crippen molar-refractivity contribution in [3.8, 4) is 6.07 Å². The van der Waals surface area contributed by atoms with E-state index in [1.165, 1.54) is 0 Å².